The van der Waals surface area contributed by atoms with Crippen LogP contribution >= 0.6 is 0 Å². The normalized spacial score (nSPS) is 17.9. The molecule has 1 atom stereocenters. The van der Waals surface area contributed by atoms with Crippen LogP contribution < -0.4 is 5.32 Å². The molecule has 0 spiro atoms. The lowest BCUT2D eigenvalue weighted by molar-refractivity contribution is 0.0930. The Morgan fingerprint density at radius 1 is 1.27 bits per heavy atom. The third-order valence-corrected chi connectivity index (χ3v) is 5.21. The summed E-state index contributed by atoms with van der Waals surface area (Å²) >= 11 is 0. The third-order valence-electron chi connectivity index (χ3n) is 4.10. The van der Waals surface area contributed by atoms with Crippen molar-refractivity contribution in [1.82, 2.24) is 10.2 Å². The van der Waals surface area contributed by atoms with Gasteiger partial charge in [0, 0.05) is 24.4 Å². The van der Waals surface area contributed by atoms with Gasteiger partial charge in [-0.2, -0.15) is 0 Å². The molecular formula is C16H24N2O3S. The molecule has 5 nitrogen and oxygen atoms in total. The Balaban J connectivity index is 1.94. The molecule has 1 saturated heterocycles. The molecule has 0 radical (unpaired) electrons. The van der Waals surface area contributed by atoms with Crippen molar-refractivity contribution in [3.8, 4) is 0 Å². The molecular weight excluding hydrogens is 300 g/mol. The number of nitrogens with one attached hydrogen (secondary N) is 1. The SMILES string of the molecule is CC(CNC(=O)c1cccc(S(C)(=O)=O)c1)N1CCCCC1. The van der Waals surface area contributed by atoms with Crippen LogP contribution in [0.25, 0.3) is 0 Å². The summed E-state index contributed by atoms with van der Waals surface area (Å²) in [5.74, 6) is -0.227. The summed E-state index contributed by atoms with van der Waals surface area (Å²) < 4.78 is 23.1. The van der Waals surface area contributed by atoms with E-state index in [-0.39, 0.29) is 10.8 Å². The first kappa shape index (κ1) is 17.0. The minimum absolute atomic E-state index is 0.171. The van der Waals surface area contributed by atoms with Crippen molar-refractivity contribution in [3.63, 3.8) is 0 Å². The number of hydrogen-bond acceptors (Lipinski definition) is 4. The van der Waals surface area contributed by atoms with Crippen molar-refractivity contribution in [2.75, 3.05) is 25.9 Å². The van der Waals surface area contributed by atoms with Crippen molar-refractivity contribution < 1.29 is 13.2 Å². The smallest absolute Gasteiger partial charge is 0.251 e. The Hall–Kier alpha value is -1.40. The maximum Gasteiger partial charge on any atom is 0.251 e. The largest absolute Gasteiger partial charge is 0.350 e. The fourth-order valence-electron chi connectivity index (χ4n) is 2.70. The zero-order chi connectivity index (χ0) is 16.2. The number of carbonyl (C=O) groups is 1. The van der Waals surface area contributed by atoms with Crippen LogP contribution in [0.5, 0.6) is 0 Å². The van der Waals surface area contributed by atoms with Gasteiger partial charge in [0.05, 0.1) is 4.90 Å². The van der Waals surface area contributed by atoms with Crippen LogP contribution in [0.15, 0.2) is 29.2 Å². The van der Waals surface area contributed by atoms with Crippen LogP contribution in [0.3, 0.4) is 0 Å². The molecule has 1 N–H and O–H groups in total. The van der Waals surface area contributed by atoms with Crippen molar-refractivity contribution in [2.45, 2.75) is 37.1 Å². The molecule has 1 unspecified atom stereocenters. The van der Waals surface area contributed by atoms with E-state index in [2.05, 4.69) is 17.1 Å². The highest BCUT2D eigenvalue weighted by atomic mass is 32.2. The second kappa shape index (κ2) is 7.24. The lowest BCUT2D eigenvalue weighted by Gasteiger charge is -2.32. The highest BCUT2D eigenvalue weighted by Crippen LogP contribution is 2.13. The highest BCUT2D eigenvalue weighted by molar-refractivity contribution is 7.90. The molecule has 122 valence electrons. The summed E-state index contributed by atoms with van der Waals surface area (Å²) in [6, 6.07) is 6.45. The van der Waals surface area contributed by atoms with Crippen LogP contribution in [0, 0.1) is 0 Å². The first-order valence-electron chi connectivity index (χ1n) is 7.70. The van der Waals surface area contributed by atoms with Crippen LogP contribution in [-0.4, -0.2) is 51.2 Å². The number of hydrogen-bond donors (Lipinski definition) is 1. The molecule has 6 heteroatoms. The number of carbonyl (C=O) groups excluding carboxylic acids is 1. The number of likely N-dealkylation sites (tertiary alicyclic amines) is 1. The molecule has 22 heavy (non-hydrogen) atoms. The van der Waals surface area contributed by atoms with E-state index in [1.807, 2.05) is 0 Å². The minimum Gasteiger partial charge on any atom is -0.350 e. The standard InChI is InChI=1S/C16H24N2O3S/c1-13(18-9-4-3-5-10-18)12-17-16(19)14-7-6-8-15(11-14)22(2,20)21/h6-8,11,13H,3-5,9-10,12H2,1-2H3,(H,17,19). The Morgan fingerprint density at radius 2 is 1.95 bits per heavy atom. The van der Waals surface area contributed by atoms with Crippen molar-refractivity contribution in [3.05, 3.63) is 29.8 Å². The molecule has 2 rings (SSSR count). The minimum atomic E-state index is -3.30. The lowest BCUT2D eigenvalue weighted by atomic mass is 10.1. The molecule has 1 heterocycles. The van der Waals surface area contributed by atoms with E-state index in [0.29, 0.717) is 18.2 Å². The van der Waals surface area contributed by atoms with Gasteiger partial charge in [-0.15, -0.1) is 0 Å². The summed E-state index contributed by atoms with van der Waals surface area (Å²) in [6.45, 7) is 4.85. The summed E-state index contributed by atoms with van der Waals surface area (Å²) in [6.07, 6.45) is 4.86. The Morgan fingerprint density at radius 3 is 2.59 bits per heavy atom. The van der Waals surface area contributed by atoms with Gasteiger partial charge < -0.3 is 5.32 Å². The van der Waals surface area contributed by atoms with E-state index in [1.54, 1.807) is 12.1 Å². The van der Waals surface area contributed by atoms with Gasteiger partial charge in [0.1, 0.15) is 0 Å². The molecule has 0 saturated carbocycles. The van der Waals surface area contributed by atoms with E-state index in [0.717, 1.165) is 19.3 Å². The topological polar surface area (TPSA) is 66.5 Å². The van der Waals surface area contributed by atoms with E-state index in [9.17, 15) is 13.2 Å². The number of sulfone groups is 1. The third kappa shape index (κ3) is 4.55. The average molecular weight is 324 g/mol. The van der Waals surface area contributed by atoms with Crippen LogP contribution in [0.2, 0.25) is 0 Å². The second-order valence-electron chi connectivity index (χ2n) is 5.96. The molecule has 0 aliphatic carbocycles. The molecule has 1 fully saturated rings. The van der Waals surface area contributed by atoms with E-state index in [1.165, 1.54) is 31.4 Å². The van der Waals surface area contributed by atoms with E-state index < -0.39 is 9.84 Å². The summed E-state index contributed by atoms with van der Waals surface area (Å²) in [5, 5.41) is 2.90. The number of amides is 1. The molecule has 1 aliphatic heterocycles. The zero-order valence-electron chi connectivity index (χ0n) is 13.2. The number of rotatable bonds is 5. The molecule has 0 bridgehead atoms. The summed E-state index contributed by atoms with van der Waals surface area (Å²) in [5.41, 5.74) is 0.383. The van der Waals surface area contributed by atoms with Crippen molar-refractivity contribution in [1.29, 1.82) is 0 Å². The van der Waals surface area contributed by atoms with Gasteiger partial charge in [-0.1, -0.05) is 12.5 Å². The number of benzene rings is 1. The predicted octanol–water partition coefficient (Wildman–Crippen LogP) is 1.69. The fraction of sp³-hybridized carbons (Fsp3) is 0.562. The van der Waals surface area contributed by atoms with E-state index in [4.69, 9.17) is 0 Å². The Kier molecular flexibility index (Phi) is 5.58. The van der Waals surface area contributed by atoms with E-state index >= 15 is 0 Å². The Bertz CT molecular complexity index is 622. The van der Waals surface area contributed by atoms with Gasteiger partial charge in [0.2, 0.25) is 0 Å². The average Bonchev–Trinajstić information content (AvgIpc) is 2.52. The first-order chi connectivity index (χ1) is 10.4. The summed E-state index contributed by atoms with van der Waals surface area (Å²) in [4.78, 5) is 14.7. The van der Waals surface area contributed by atoms with Gasteiger partial charge in [-0.05, 0) is 51.1 Å². The van der Waals surface area contributed by atoms with Crippen LogP contribution in [-0.2, 0) is 9.84 Å². The Labute approximate surface area is 132 Å². The molecule has 1 aromatic rings. The monoisotopic (exact) mass is 324 g/mol. The zero-order valence-corrected chi connectivity index (χ0v) is 14.0. The highest BCUT2D eigenvalue weighted by Gasteiger charge is 2.18. The molecule has 0 aromatic heterocycles. The quantitative estimate of drug-likeness (QED) is 0.895. The van der Waals surface area contributed by atoms with Gasteiger partial charge in [0.25, 0.3) is 5.91 Å². The second-order valence-corrected chi connectivity index (χ2v) is 7.97. The van der Waals surface area contributed by atoms with Crippen molar-refractivity contribution >= 4 is 15.7 Å². The first-order valence-corrected chi connectivity index (χ1v) is 9.59. The maximum atomic E-state index is 12.2. The summed E-state index contributed by atoms with van der Waals surface area (Å²) in [7, 11) is -3.30. The van der Waals surface area contributed by atoms with Gasteiger partial charge in [-0.25, -0.2) is 8.42 Å². The van der Waals surface area contributed by atoms with Gasteiger partial charge in [-0.3, -0.25) is 9.69 Å². The number of nitrogens with zero attached hydrogens (tertiary/aromatic N) is 1. The fourth-order valence-corrected chi connectivity index (χ4v) is 3.37. The number of piperidine rings is 1. The van der Waals surface area contributed by atoms with Crippen LogP contribution in [0.1, 0.15) is 36.5 Å². The molecule has 1 amide bonds. The predicted molar refractivity (Wildman–Crippen MR) is 86.8 cm³/mol. The van der Waals surface area contributed by atoms with Gasteiger partial charge >= 0.3 is 0 Å². The van der Waals surface area contributed by atoms with Crippen LogP contribution in [0.4, 0.5) is 0 Å². The van der Waals surface area contributed by atoms with Crippen molar-refractivity contribution in [2.24, 2.45) is 0 Å². The molecule has 1 aliphatic rings. The lowest BCUT2D eigenvalue weighted by Crippen LogP contribution is -2.44. The van der Waals surface area contributed by atoms with Gasteiger partial charge in [0.15, 0.2) is 9.84 Å². The molecule has 1 aromatic carbocycles. The maximum absolute atomic E-state index is 12.2.